The Labute approximate surface area is 149 Å². The van der Waals surface area contributed by atoms with Crippen LogP contribution in [0.5, 0.6) is 0 Å². The Kier molecular flexibility index (Phi) is 4.62. The second kappa shape index (κ2) is 6.28. The Morgan fingerprint density at radius 3 is 2.00 bits per heavy atom. The SMILES string of the molecule is CC(C)(C)O[Si@@]1(C)CCC[Si@@](C)(c2ccccc2)c2ccccc21. The lowest BCUT2D eigenvalue weighted by molar-refractivity contribution is 0.123. The number of rotatable bonds is 2. The van der Waals surface area contributed by atoms with Gasteiger partial charge in [0.05, 0.1) is 0 Å². The highest BCUT2D eigenvalue weighted by Crippen LogP contribution is 2.28. The molecule has 24 heavy (non-hydrogen) atoms. The maximum atomic E-state index is 6.76. The molecule has 0 bridgehead atoms. The molecule has 0 fully saturated rings. The first-order valence-corrected chi connectivity index (χ1v) is 14.4. The van der Waals surface area contributed by atoms with Crippen LogP contribution in [0.25, 0.3) is 0 Å². The van der Waals surface area contributed by atoms with Crippen LogP contribution in [0.1, 0.15) is 27.2 Å². The summed E-state index contributed by atoms with van der Waals surface area (Å²) in [6, 6.07) is 23.0. The quantitative estimate of drug-likeness (QED) is 0.744. The van der Waals surface area contributed by atoms with E-state index in [0.29, 0.717) is 0 Å². The van der Waals surface area contributed by atoms with Crippen molar-refractivity contribution in [3.8, 4) is 0 Å². The topological polar surface area (TPSA) is 9.23 Å². The van der Waals surface area contributed by atoms with E-state index in [-0.39, 0.29) is 5.60 Å². The molecule has 0 radical (unpaired) electrons. The molecule has 3 rings (SSSR count). The molecule has 1 aliphatic heterocycles. The van der Waals surface area contributed by atoms with E-state index in [2.05, 4.69) is 88.5 Å². The smallest absolute Gasteiger partial charge is 0.221 e. The highest BCUT2D eigenvalue weighted by Gasteiger charge is 2.45. The van der Waals surface area contributed by atoms with Crippen molar-refractivity contribution in [3.63, 3.8) is 0 Å². The van der Waals surface area contributed by atoms with Crippen LogP contribution in [0.2, 0.25) is 25.2 Å². The summed E-state index contributed by atoms with van der Waals surface area (Å²) < 4.78 is 6.76. The van der Waals surface area contributed by atoms with E-state index < -0.39 is 16.4 Å². The maximum absolute atomic E-state index is 6.76. The summed E-state index contributed by atoms with van der Waals surface area (Å²) in [7, 11) is -3.62. The van der Waals surface area contributed by atoms with Crippen molar-refractivity contribution < 1.29 is 4.43 Å². The largest absolute Gasteiger partial charge is 0.408 e. The average molecular weight is 355 g/mol. The maximum Gasteiger partial charge on any atom is 0.221 e. The van der Waals surface area contributed by atoms with Crippen LogP contribution in [0.15, 0.2) is 54.6 Å². The molecule has 3 heteroatoms. The van der Waals surface area contributed by atoms with Crippen molar-refractivity contribution >= 4 is 32.0 Å². The van der Waals surface area contributed by atoms with Crippen LogP contribution in [-0.2, 0) is 4.43 Å². The van der Waals surface area contributed by atoms with E-state index in [1.165, 1.54) is 18.5 Å². The fourth-order valence-corrected chi connectivity index (χ4v) is 13.9. The molecule has 1 heterocycles. The van der Waals surface area contributed by atoms with E-state index in [1.54, 1.807) is 15.6 Å². The molecule has 1 nitrogen and oxygen atoms in total. The Morgan fingerprint density at radius 1 is 0.792 bits per heavy atom. The molecule has 0 aromatic heterocycles. The molecular formula is C21H30OSi2. The van der Waals surface area contributed by atoms with E-state index in [9.17, 15) is 0 Å². The van der Waals surface area contributed by atoms with Crippen LogP contribution in [0.3, 0.4) is 0 Å². The Morgan fingerprint density at radius 2 is 1.38 bits per heavy atom. The standard InChI is InChI=1S/C21H30OSi2/c1-21(2,3)22-24(5)17-11-16-23(4,18-12-7-6-8-13-18)19-14-9-10-15-20(19)24/h6-10,12-15H,11,16-17H2,1-5H3/t23-,24-/m0/s1. The zero-order chi connectivity index (χ0) is 17.4. The van der Waals surface area contributed by atoms with Gasteiger partial charge in [0.15, 0.2) is 0 Å². The zero-order valence-electron chi connectivity index (χ0n) is 15.7. The van der Waals surface area contributed by atoms with E-state index in [0.717, 1.165) is 0 Å². The summed E-state index contributed by atoms with van der Waals surface area (Å²) in [5.74, 6) is 0. The van der Waals surface area contributed by atoms with E-state index >= 15 is 0 Å². The lowest BCUT2D eigenvalue weighted by Crippen LogP contribution is -2.65. The van der Waals surface area contributed by atoms with Crippen LogP contribution in [0, 0.1) is 0 Å². The summed E-state index contributed by atoms with van der Waals surface area (Å²) in [6.45, 7) is 11.6. The summed E-state index contributed by atoms with van der Waals surface area (Å²) in [5.41, 5.74) is -0.0802. The predicted molar refractivity (Wildman–Crippen MR) is 110 cm³/mol. The molecule has 2 aromatic carbocycles. The molecule has 0 saturated carbocycles. The van der Waals surface area contributed by atoms with Crippen molar-refractivity contribution in [2.45, 2.75) is 58.0 Å². The van der Waals surface area contributed by atoms with Gasteiger partial charge in [0.1, 0.15) is 8.07 Å². The van der Waals surface area contributed by atoms with Gasteiger partial charge in [-0.3, -0.25) is 0 Å². The number of fused-ring (bicyclic) bond motifs is 1. The van der Waals surface area contributed by atoms with Gasteiger partial charge < -0.3 is 4.43 Å². The highest BCUT2D eigenvalue weighted by atomic mass is 28.4. The second-order valence-electron chi connectivity index (χ2n) is 8.54. The summed E-state index contributed by atoms with van der Waals surface area (Å²) >= 11 is 0. The minimum Gasteiger partial charge on any atom is -0.408 e. The second-order valence-corrected chi connectivity index (χ2v) is 16.5. The summed E-state index contributed by atoms with van der Waals surface area (Å²) in [5, 5.41) is 4.73. The minimum atomic E-state index is -1.93. The molecule has 0 spiro atoms. The fraction of sp³-hybridized carbons (Fsp3) is 0.429. The highest BCUT2D eigenvalue weighted by molar-refractivity contribution is 7.06. The molecule has 128 valence electrons. The molecule has 0 amide bonds. The molecule has 2 aromatic rings. The van der Waals surface area contributed by atoms with Gasteiger partial charge in [-0.1, -0.05) is 77.9 Å². The molecule has 0 N–H and O–H groups in total. The third-order valence-electron chi connectivity index (χ3n) is 5.36. The fourth-order valence-electron chi connectivity index (χ4n) is 4.36. The third kappa shape index (κ3) is 3.30. The van der Waals surface area contributed by atoms with Crippen LogP contribution < -0.4 is 15.6 Å². The summed E-state index contributed by atoms with van der Waals surface area (Å²) in [4.78, 5) is 0. The van der Waals surface area contributed by atoms with Crippen LogP contribution in [-0.4, -0.2) is 22.0 Å². The van der Waals surface area contributed by atoms with Crippen LogP contribution in [0.4, 0.5) is 0 Å². The van der Waals surface area contributed by atoms with Crippen molar-refractivity contribution in [1.82, 2.24) is 0 Å². The first-order valence-electron chi connectivity index (χ1n) is 9.10. The molecule has 2 atom stereocenters. The number of benzene rings is 2. The van der Waals surface area contributed by atoms with E-state index in [4.69, 9.17) is 4.43 Å². The average Bonchev–Trinajstić information content (AvgIpc) is 2.64. The number of hydrogen-bond donors (Lipinski definition) is 0. The van der Waals surface area contributed by atoms with Crippen molar-refractivity contribution in [2.24, 2.45) is 0 Å². The van der Waals surface area contributed by atoms with Gasteiger partial charge in [0, 0.05) is 5.60 Å². The van der Waals surface area contributed by atoms with Gasteiger partial charge in [0.2, 0.25) is 8.32 Å². The third-order valence-corrected chi connectivity index (χ3v) is 14.1. The zero-order valence-corrected chi connectivity index (χ0v) is 17.7. The molecule has 0 saturated heterocycles. The first-order chi connectivity index (χ1) is 11.2. The predicted octanol–water partition coefficient (Wildman–Crippen LogP) is 3.88. The Hall–Kier alpha value is -1.17. The molecule has 1 aliphatic rings. The van der Waals surface area contributed by atoms with Crippen molar-refractivity contribution in [1.29, 1.82) is 0 Å². The van der Waals surface area contributed by atoms with Crippen LogP contribution >= 0.6 is 0 Å². The Balaban J connectivity index is 2.16. The molecule has 0 aliphatic carbocycles. The van der Waals surface area contributed by atoms with Gasteiger partial charge in [-0.05, 0) is 44.6 Å². The monoisotopic (exact) mass is 354 g/mol. The van der Waals surface area contributed by atoms with Crippen molar-refractivity contribution in [3.05, 3.63) is 54.6 Å². The summed E-state index contributed by atoms with van der Waals surface area (Å²) in [6.07, 6.45) is 1.28. The van der Waals surface area contributed by atoms with Gasteiger partial charge >= 0.3 is 0 Å². The van der Waals surface area contributed by atoms with E-state index in [1.807, 2.05) is 0 Å². The lowest BCUT2D eigenvalue weighted by atomic mass is 10.2. The van der Waals surface area contributed by atoms with Crippen molar-refractivity contribution in [2.75, 3.05) is 0 Å². The van der Waals surface area contributed by atoms with Gasteiger partial charge in [0.25, 0.3) is 0 Å². The first kappa shape index (κ1) is 17.7. The number of hydrogen-bond acceptors (Lipinski definition) is 1. The van der Waals surface area contributed by atoms with Gasteiger partial charge in [-0.15, -0.1) is 0 Å². The van der Waals surface area contributed by atoms with Gasteiger partial charge in [-0.25, -0.2) is 0 Å². The Bertz CT molecular complexity index is 707. The molecular weight excluding hydrogens is 324 g/mol. The normalized spacial score (nSPS) is 27.4. The van der Waals surface area contributed by atoms with Gasteiger partial charge in [-0.2, -0.15) is 0 Å². The molecule has 0 unspecified atom stereocenters. The minimum absolute atomic E-state index is 0.0802. The lowest BCUT2D eigenvalue weighted by Gasteiger charge is -2.37.